The van der Waals surface area contributed by atoms with Gasteiger partial charge in [0.15, 0.2) is 0 Å². The minimum atomic E-state index is 0.295. The molecule has 0 saturated carbocycles. The molecule has 0 bridgehead atoms. The van der Waals surface area contributed by atoms with Crippen molar-refractivity contribution in [1.29, 1.82) is 0 Å². The average Bonchev–Trinajstić information content (AvgIpc) is 2.49. The molecule has 1 saturated heterocycles. The van der Waals surface area contributed by atoms with Gasteiger partial charge in [0.2, 0.25) is 0 Å². The van der Waals surface area contributed by atoms with E-state index < -0.39 is 0 Å². The molecule has 5 heteroatoms. The van der Waals surface area contributed by atoms with E-state index in [-0.39, 0.29) is 0 Å². The number of aromatic nitrogens is 2. The van der Waals surface area contributed by atoms with Crippen LogP contribution in [0.3, 0.4) is 0 Å². The summed E-state index contributed by atoms with van der Waals surface area (Å²) in [5.41, 5.74) is 0.998. The molecule has 1 atom stereocenters. The third-order valence-corrected chi connectivity index (χ3v) is 4.79. The Labute approximate surface area is 133 Å². The lowest BCUT2D eigenvalue weighted by Gasteiger charge is -2.39. The Balaban J connectivity index is 2.16. The van der Waals surface area contributed by atoms with E-state index in [0.717, 1.165) is 43.4 Å². The smallest absolute Gasteiger partial charge is 0.137 e. The first kappa shape index (κ1) is 16.5. The zero-order valence-electron chi connectivity index (χ0n) is 13.9. The molecule has 21 heavy (non-hydrogen) atoms. The summed E-state index contributed by atoms with van der Waals surface area (Å²) in [6.07, 6.45) is 1.20. The van der Waals surface area contributed by atoms with Gasteiger partial charge in [-0.15, -0.1) is 0 Å². The Morgan fingerprint density at radius 1 is 1.10 bits per heavy atom. The van der Waals surface area contributed by atoms with E-state index in [9.17, 15) is 0 Å². The predicted octanol–water partition coefficient (Wildman–Crippen LogP) is 3.48. The van der Waals surface area contributed by atoms with Crippen LogP contribution in [-0.2, 0) is 0 Å². The lowest BCUT2D eigenvalue weighted by molar-refractivity contribution is 0.192. The van der Waals surface area contributed by atoms with Gasteiger partial charge in [-0.3, -0.25) is 4.90 Å². The SMILES string of the molecule is CCC(C)N1CCN(c2nc(C(C)C)nc(Cl)c2C)CC1. The summed E-state index contributed by atoms with van der Waals surface area (Å²) in [7, 11) is 0. The second-order valence-electron chi connectivity index (χ2n) is 6.26. The Morgan fingerprint density at radius 2 is 1.71 bits per heavy atom. The number of rotatable bonds is 4. The first-order valence-electron chi connectivity index (χ1n) is 7.97. The van der Waals surface area contributed by atoms with Gasteiger partial charge in [-0.25, -0.2) is 9.97 Å². The molecule has 1 unspecified atom stereocenters. The fourth-order valence-corrected chi connectivity index (χ4v) is 2.86. The maximum atomic E-state index is 6.30. The van der Waals surface area contributed by atoms with Gasteiger partial charge in [-0.1, -0.05) is 32.4 Å². The monoisotopic (exact) mass is 310 g/mol. The van der Waals surface area contributed by atoms with Crippen molar-refractivity contribution in [3.8, 4) is 0 Å². The lowest BCUT2D eigenvalue weighted by atomic mass is 10.1. The number of nitrogens with zero attached hydrogens (tertiary/aromatic N) is 4. The topological polar surface area (TPSA) is 32.3 Å². The average molecular weight is 311 g/mol. The van der Waals surface area contributed by atoms with Gasteiger partial charge in [0.25, 0.3) is 0 Å². The van der Waals surface area contributed by atoms with Crippen molar-refractivity contribution in [3.05, 3.63) is 16.5 Å². The van der Waals surface area contributed by atoms with Crippen LogP contribution in [0.2, 0.25) is 5.15 Å². The third-order valence-electron chi connectivity index (χ3n) is 4.42. The third kappa shape index (κ3) is 3.67. The Morgan fingerprint density at radius 3 is 2.24 bits per heavy atom. The lowest BCUT2D eigenvalue weighted by Crippen LogP contribution is -2.50. The van der Waals surface area contributed by atoms with E-state index in [1.54, 1.807) is 0 Å². The molecule has 1 aliphatic rings. The van der Waals surface area contributed by atoms with Gasteiger partial charge in [0.1, 0.15) is 16.8 Å². The number of hydrogen-bond acceptors (Lipinski definition) is 4. The molecule has 0 N–H and O–H groups in total. The molecule has 4 nitrogen and oxygen atoms in total. The Bertz CT molecular complexity index is 481. The first-order chi connectivity index (χ1) is 9.93. The number of hydrogen-bond donors (Lipinski definition) is 0. The molecular formula is C16H27ClN4. The molecule has 0 amide bonds. The minimum Gasteiger partial charge on any atom is -0.354 e. The second-order valence-corrected chi connectivity index (χ2v) is 6.61. The molecule has 0 aromatic carbocycles. The van der Waals surface area contributed by atoms with Crippen molar-refractivity contribution >= 4 is 17.4 Å². The van der Waals surface area contributed by atoms with E-state index in [0.29, 0.717) is 17.1 Å². The quantitative estimate of drug-likeness (QED) is 0.797. The molecule has 0 radical (unpaired) electrons. The zero-order chi connectivity index (χ0) is 15.6. The van der Waals surface area contributed by atoms with Gasteiger partial charge in [0.05, 0.1) is 0 Å². The summed E-state index contributed by atoms with van der Waals surface area (Å²) in [6.45, 7) is 15.0. The summed E-state index contributed by atoms with van der Waals surface area (Å²) < 4.78 is 0. The second kappa shape index (κ2) is 6.93. The molecule has 2 heterocycles. The van der Waals surface area contributed by atoms with Crippen LogP contribution in [0.15, 0.2) is 0 Å². The highest BCUT2D eigenvalue weighted by atomic mass is 35.5. The number of piperazine rings is 1. The summed E-state index contributed by atoms with van der Waals surface area (Å²) >= 11 is 6.30. The van der Waals surface area contributed by atoms with E-state index in [2.05, 4.69) is 42.5 Å². The van der Waals surface area contributed by atoms with Crippen LogP contribution >= 0.6 is 11.6 Å². The van der Waals surface area contributed by atoms with E-state index in [1.165, 1.54) is 6.42 Å². The maximum Gasteiger partial charge on any atom is 0.137 e. The van der Waals surface area contributed by atoms with Gasteiger partial charge >= 0.3 is 0 Å². The molecule has 0 aliphatic carbocycles. The van der Waals surface area contributed by atoms with Gasteiger partial charge in [-0.05, 0) is 20.3 Å². The van der Waals surface area contributed by atoms with Gasteiger partial charge < -0.3 is 4.90 Å². The highest BCUT2D eigenvalue weighted by Gasteiger charge is 2.23. The molecule has 1 fully saturated rings. The molecule has 118 valence electrons. The molecule has 2 rings (SSSR count). The molecule has 1 aromatic heterocycles. The highest BCUT2D eigenvalue weighted by Crippen LogP contribution is 2.27. The predicted molar refractivity (Wildman–Crippen MR) is 89.4 cm³/mol. The number of halogens is 1. The zero-order valence-corrected chi connectivity index (χ0v) is 14.6. The van der Waals surface area contributed by atoms with Crippen molar-refractivity contribution in [2.45, 2.75) is 53.0 Å². The normalized spacial score (nSPS) is 18.3. The van der Waals surface area contributed by atoms with Crippen molar-refractivity contribution < 1.29 is 0 Å². The van der Waals surface area contributed by atoms with Crippen LogP contribution in [-0.4, -0.2) is 47.1 Å². The van der Waals surface area contributed by atoms with Crippen LogP contribution in [0, 0.1) is 6.92 Å². The van der Waals surface area contributed by atoms with E-state index in [4.69, 9.17) is 16.6 Å². The Hall–Kier alpha value is -0.870. The molecule has 0 spiro atoms. The number of anilines is 1. The van der Waals surface area contributed by atoms with Crippen molar-refractivity contribution in [3.63, 3.8) is 0 Å². The van der Waals surface area contributed by atoms with Crippen LogP contribution in [0.5, 0.6) is 0 Å². The fraction of sp³-hybridized carbons (Fsp3) is 0.750. The van der Waals surface area contributed by atoms with Crippen LogP contribution in [0.1, 0.15) is 51.4 Å². The van der Waals surface area contributed by atoms with E-state index in [1.807, 2.05) is 6.92 Å². The largest absolute Gasteiger partial charge is 0.354 e. The van der Waals surface area contributed by atoms with Crippen molar-refractivity contribution in [2.75, 3.05) is 31.1 Å². The van der Waals surface area contributed by atoms with Gasteiger partial charge in [-0.2, -0.15) is 0 Å². The van der Waals surface area contributed by atoms with E-state index >= 15 is 0 Å². The summed E-state index contributed by atoms with van der Waals surface area (Å²) in [6, 6.07) is 0.661. The summed E-state index contributed by atoms with van der Waals surface area (Å²) in [5.74, 6) is 2.15. The first-order valence-corrected chi connectivity index (χ1v) is 8.34. The molecule has 1 aliphatic heterocycles. The minimum absolute atomic E-state index is 0.295. The fourth-order valence-electron chi connectivity index (χ4n) is 2.69. The summed E-state index contributed by atoms with van der Waals surface area (Å²) in [4.78, 5) is 14.1. The Kier molecular flexibility index (Phi) is 5.44. The maximum absolute atomic E-state index is 6.30. The van der Waals surface area contributed by atoms with Crippen LogP contribution < -0.4 is 4.90 Å². The summed E-state index contributed by atoms with van der Waals surface area (Å²) in [5, 5.41) is 0.591. The standard InChI is InChI=1S/C16H27ClN4/c1-6-12(4)20-7-9-21(10-8-20)16-13(5)14(17)18-15(19-16)11(2)3/h11-12H,6-10H2,1-5H3. The molecular weight excluding hydrogens is 284 g/mol. The van der Waals surface area contributed by atoms with Gasteiger partial charge in [0, 0.05) is 43.7 Å². The van der Waals surface area contributed by atoms with Crippen LogP contribution in [0.4, 0.5) is 5.82 Å². The van der Waals surface area contributed by atoms with Crippen molar-refractivity contribution in [2.24, 2.45) is 0 Å². The van der Waals surface area contributed by atoms with Crippen molar-refractivity contribution in [1.82, 2.24) is 14.9 Å². The molecule has 1 aromatic rings. The highest BCUT2D eigenvalue weighted by molar-refractivity contribution is 6.30. The van der Waals surface area contributed by atoms with Crippen LogP contribution in [0.25, 0.3) is 0 Å².